The van der Waals surface area contributed by atoms with E-state index in [1.807, 2.05) is 29.2 Å². The first-order chi connectivity index (χ1) is 34.9. The standard InChI is InChI=1S/C31H36F3N4.C22H11N3O6.CNS.Ru/c1-3-5-7-9-23-11-15-25(16-12-23)38(26-17-13-24(14-18-26)10-8-6-4-2)27-19-20-37-29(21-27)28(35)22-30(36)31(32,33)34;26-13-29-7-3-16-1-5-23-19(9-16)21-11-18(31-15-28)12-22(25-21)20-10-17(2-6-24-20)4-8-30-14-27;2-1-3;/h11-22,35-36H,3-10H2,1-2H3;1-2,5-6,9-15H;;/q-1;;-1;+2/b28-22-,36-30?;;;. The second-order valence-corrected chi connectivity index (χ2v) is 15.3. The first-order valence-corrected chi connectivity index (χ1v) is 22.6. The molecule has 6 rings (SSSR count). The number of allylic oxidation sites excluding steroid dienone is 1. The SMILES string of the molecule is CCCCCc1ccc(N(c2ccc(CCCCC)cc2)c2ccnc(/C([NH-])=C/C(=N)C(F)(F)F)c2)cc1.O=COC#Cc1ccnc(-c2cc(OC=O)cc(-c3cc(C#COC=O)ccn3)n2)c1.[N-]=C=S.[Ru+2]. The number of aromatic nitrogens is 4. The van der Waals surface area contributed by atoms with Gasteiger partial charge < -0.3 is 30.3 Å². The molecule has 0 aliphatic rings. The monoisotopic (exact) mass is 1090 g/mol. The molecule has 73 heavy (non-hydrogen) atoms. The number of nitrogens with zero attached hydrogens (tertiary/aromatic N) is 6. The largest absolute Gasteiger partial charge is 2.00 e. The van der Waals surface area contributed by atoms with Gasteiger partial charge in [-0.2, -0.15) is 18.3 Å². The topological polar surface area (TPSA) is 204 Å². The molecule has 4 heterocycles. The van der Waals surface area contributed by atoms with Crippen LogP contribution in [-0.4, -0.2) is 56.4 Å². The van der Waals surface area contributed by atoms with Gasteiger partial charge in [-0.1, -0.05) is 76.0 Å². The fourth-order valence-corrected chi connectivity index (χ4v) is 6.65. The van der Waals surface area contributed by atoms with Gasteiger partial charge in [0.05, 0.1) is 22.8 Å². The maximum atomic E-state index is 12.9. The van der Waals surface area contributed by atoms with E-state index in [2.05, 4.69) is 104 Å². The number of carbonyl (C=O) groups is 3. The van der Waals surface area contributed by atoms with Crippen molar-refractivity contribution in [2.24, 2.45) is 0 Å². The predicted molar refractivity (Wildman–Crippen MR) is 273 cm³/mol. The molecule has 4 aromatic heterocycles. The third kappa shape index (κ3) is 19.8. The van der Waals surface area contributed by atoms with Crippen molar-refractivity contribution < 1.29 is 61.2 Å². The number of alkyl halides is 3. The van der Waals surface area contributed by atoms with Crippen molar-refractivity contribution >= 4 is 65.3 Å². The first kappa shape index (κ1) is 59.1. The van der Waals surface area contributed by atoms with Gasteiger partial charge in [0, 0.05) is 64.6 Å². The molecule has 0 aliphatic carbocycles. The van der Waals surface area contributed by atoms with Crippen LogP contribution in [0.3, 0.4) is 0 Å². The number of thiocarbonyl (C=S) groups is 1. The van der Waals surface area contributed by atoms with E-state index in [0.717, 1.165) is 37.1 Å². The van der Waals surface area contributed by atoms with E-state index >= 15 is 0 Å². The first-order valence-electron chi connectivity index (χ1n) is 22.2. The third-order valence-electron chi connectivity index (χ3n) is 10.0. The number of isothiocyanates is 1. The van der Waals surface area contributed by atoms with Crippen molar-refractivity contribution in [2.45, 2.75) is 71.4 Å². The molecule has 2 aromatic carbocycles. The van der Waals surface area contributed by atoms with Crippen molar-refractivity contribution in [3.8, 4) is 52.6 Å². The zero-order valence-electron chi connectivity index (χ0n) is 39.5. The van der Waals surface area contributed by atoms with Gasteiger partial charge in [-0.25, -0.2) is 4.98 Å². The molecule has 0 amide bonds. The Morgan fingerprint density at radius 3 is 1.58 bits per heavy atom. The molecule has 0 saturated heterocycles. The Kier molecular flexibility index (Phi) is 25.8. The summed E-state index contributed by atoms with van der Waals surface area (Å²) in [5.74, 6) is 5.52. The molecule has 0 saturated carbocycles. The summed E-state index contributed by atoms with van der Waals surface area (Å²) < 4.78 is 52.3. The minimum Gasteiger partial charge on any atom is -0.753 e. The Labute approximate surface area is 439 Å². The summed E-state index contributed by atoms with van der Waals surface area (Å²) in [6.45, 7) is 5.10. The van der Waals surface area contributed by atoms with Crippen molar-refractivity contribution in [3.05, 3.63) is 161 Å². The molecular weight excluding hydrogens is 1050 g/mol. The number of hydrogen-bond donors (Lipinski definition) is 1. The van der Waals surface area contributed by atoms with E-state index in [9.17, 15) is 27.6 Å². The van der Waals surface area contributed by atoms with E-state index in [4.69, 9.17) is 21.3 Å². The van der Waals surface area contributed by atoms with Crippen LogP contribution in [0.5, 0.6) is 5.75 Å². The van der Waals surface area contributed by atoms with Crippen LogP contribution in [0.1, 0.15) is 80.3 Å². The number of pyridine rings is 4. The molecule has 374 valence electrons. The van der Waals surface area contributed by atoms with Crippen LogP contribution in [-0.2, 0) is 56.2 Å². The number of nitrogens with one attached hydrogen (secondary N) is 2. The van der Waals surface area contributed by atoms with Crippen LogP contribution < -0.4 is 9.64 Å². The number of hydrogen-bond acceptors (Lipinski definition) is 13. The number of aryl methyl sites for hydroxylation is 2. The average Bonchev–Trinajstić information content (AvgIpc) is 3.38. The zero-order chi connectivity index (χ0) is 52.1. The predicted octanol–water partition coefficient (Wildman–Crippen LogP) is 12.4. The van der Waals surface area contributed by atoms with E-state index in [-0.39, 0.29) is 43.9 Å². The maximum absolute atomic E-state index is 12.9. The number of ether oxygens (including phenoxy) is 3. The van der Waals surface area contributed by atoms with Gasteiger partial charge in [0.15, 0.2) is 0 Å². The molecule has 0 fully saturated rings. The molecule has 14 nitrogen and oxygen atoms in total. The Bertz CT molecular complexity index is 2820. The summed E-state index contributed by atoms with van der Waals surface area (Å²) in [6, 6.07) is 29.6. The molecule has 19 heteroatoms. The number of halogens is 3. The summed E-state index contributed by atoms with van der Waals surface area (Å²) in [6.07, 6.45) is 13.7. The molecule has 0 spiro atoms. The van der Waals surface area contributed by atoms with E-state index in [1.54, 1.807) is 36.4 Å². The second-order valence-electron chi connectivity index (χ2n) is 15.1. The fraction of sp³-hybridized carbons (Fsp3) is 0.204. The average molecular weight is 1090 g/mol. The molecule has 0 aliphatic heterocycles. The van der Waals surface area contributed by atoms with Gasteiger partial charge in [0.1, 0.15) is 23.7 Å². The molecule has 0 radical (unpaired) electrons. The van der Waals surface area contributed by atoms with Crippen LogP contribution in [0.25, 0.3) is 39.6 Å². The van der Waals surface area contributed by atoms with Crippen molar-refractivity contribution in [1.29, 1.82) is 5.41 Å². The summed E-state index contributed by atoms with van der Waals surface area (Å²) in [5.41, 5.74) is 13.8. The molecule has 0 bridgehead atoms. The fourth-order valence-electron chi connectivity index (χ4n) is 6.65. The minimum atomic E-state index is -4.81. The van der Waals surface area contributed by atoms with Crippen LogP contribution in [0.2, 0.25) is 0 Å². The summed E-state index contributed by atoms with van der Waals surface area (Å²) >= 11 is 3.70. The van der Waals surface area contributed by atoms with E-state index in [0.29, 0.717) is 52.1 Å². The normalized spacial score (nSPS) is 10.2. The number of unbranched alkanes of at least 4 members (excludes halogenated alkanes) is 4. The van der Waals surface area contributed by atoms with Gasteiger partial charge in [0.25, 0.3) is 6.47 Å². The Morgan fingerprint density at radius 1 is 0.685 bits per heavy atom. The Balaban J connectivity index is 0.000000367. The molecule has 0 atom stereocenters. The molecule has 0 unspecified atom stereocenters. The number of benzene rings is 2. The van der Waals surface area contributed by atoms with Gasteiger partial charge in [-0.15, -0.1) is 5.70 Å². The van der Waals surface area contributed by atoms with Gasteiger partial charge in [-0.3, -0.25) is 34.7 Å². The third-order valence-corrected chi connectivity index (χ3v) is 10.0. The van der Waals surface area contributed by atoms with Crippen LogP contribution in [0.4, 0.5) is 30.2 Å². The molecule has 6 aromatic rings. The maximum Gasteiger partial charge on any atom is 2.00 e. The van der Waals surface area contributed by atoms with E-state index in [1.165, 1.54) is 72.7 Å². The van der Waals surface area contributed by atoms with Crippen LogP contribution >= 0.6 is 12.2 Å². The smallest absolute Gasteiger partial charge is 0.753 e. The van der Waals surface area contributed by atoms with Crippen molar-refractivity contribution in [2.75, 3.05) is 4.90 Å². The zero-order valence-corrected chi connectivity index (χ0v) is 42.0. The van der Waals surface area contributed by atoms with Gasteiger partial charge >= 0.3 is 38.6 Å². The van der Waals surface area contributed by atoms with Gasteiger partial charge in [0.2, 0.25) is 0 Å². The summed E-state index contributed by atoms with van der Waals surface area (Å²) in [4.78, 5) is 50.5. The van der Waals surface area contributed by atoms with E-state index < -0.39 is 17.6 Å². The number of rotatable bonds is 19. The number of anilines is 3. The quantitative estimate of drug-likeness (QED) is 0.0201. The molecular formula is C54H47F3N8O6RuS. The van der Waals surface area contributed by atoms with Gasteiger partial charge in [-0.05, 0) is 115 Å². The van der Waals surface area contributed by atoms with Crippen LogP contribution in [0, 0.1) is 29.5 Å². The summed E-state index contributed by atoms with van der Waals surface area (Å²) in [7, 11) is 0. The molecule has 2 N–H and O–H groups in total. The van der Waals surface area contributed by atoms with Crippen LogP contribution in [0.15, 0.2) is 122 Å². The Hall–Kier alpha value is -8.21. The second kappa shape index (κ2) is 31.9. The summed E-state index contributed by atoms with van der Waals surface area (Å²) in [5, 5.41) is 15.7. The van der Waals surface area contributed by atoms with Crippen molar-refractivity contribution in [3.63, 3.8) is 0 Å². The minimum absolute atomic E-state index is 0. The number of carbonyl (C=O) groups excluding carboxylic acids is 3. The van der Waals surface area contributed by atoms with Crippen molar-refractivity contribution in [1.82, 2.24) is 19.9 Å². The Morgan fingerprint density at radius 2 is 1.15 bits per heavy atom.